The molecule has 2 aromatic carbocycles. The van der Waals surface area contributed by atoms with Gasteiger partial charge >= 0.3 is 0 Å². The van der Waals surface area contributed by atoms with Gasteiger partial charge in [0.1, 0.15) is 5.52 Å². The third kappa shape index (κ3) is 4.06. The first kappa shape index (κ1) is 19.6. The largest absolute Gasteiger partial charge is 0.394 e. The Morgan fingerprint density at radius 2 is 2.22 bits per heavy atom. The van der Waals surface area contributed by atoms with Gasteiger partial charge in [-0.25, -0.2) is 14.9 Å². The van der Waals surface area contributed by atoms with Crippen LogP contribution in [-0.4, -0.2) is 33.8 Å². The summed E-state index contributed by atoms with van der Waals surface area (Å²) in [6, 6.07) is 6.53. The highest BCUT2D eigenvalue weighted by atomic mass is 79.9. The van der Waals surface area contributed by atoms with Crippen LogP contribution in [0.25, 0.3) is 11.0 Å². The molecule has 10 heteroatoms. The summed E-state index contributed by atoms with van der Waals surface area (Å²) in [4.78, 5) is 21.4. The summed E-state index contributed by atoms with van der Waals surface area (Å²) in [6.45, 7) is -0.363. The Kier molecular flexibility index (Phi) is 5.95. The molecule has 3 N–H and O–H groups in total. The number of nitrogens with one attached hydrogen (secondary N) is 2. The molecular formula is C17H15BrClFN4O3. The topological polar surface area (TPSA) is 88.4 Å². The van der Waals surface area contributed by atoms with Gasteiger partial charge < -0.3 is 15.0 Å². The van der Waals surface area contributed by atoms with Crippen LogP contribution in [0.3, 0.4) is 0 Å². The lowest BCUT2D eigenvalue weighted by Gasteiger charge is -2.15. The molecule has 0 aliphatic heterocycles. The quantitative estimate of drug-likeness (QED) is 0.385. The third-order valence-electron chi connectivity index (χ3n) is 3.75. The zero-order valence-corrected chi connectivity index (χ0v) is 16.4. The van der Waals surface area contributed by atoms with Crippen molar-refractivity contribution >= 4 is 55.8 Å². The maximum Gasteiger partial charge on any atom is 0.277 e. The van der Waals surface area contributed by atoms with Gasteiger partial charge in [0, 0.05) is 11.5 Å². The molecule has 0 unspecified atom stereocenters. The van der Waals surface area contributed by atoms with Crippen molar-refractivity contribution in [2.24, 2.45) is 7.05 Å². The number of amides is 1. The average Bonchev–Trinajstić information content (AvgIpc) is 3.00. The molecular weight excluding hydrogens is 449 g/mol. The van der Waals surface area contributed by atoms with Gasteiger partial charge in [0.05, 0.1) is 47.0 Å². The molecule has 7 nitrogen and oxygen atoms in total. The van der Waals surface area contributed by atoms with E-state index >= 15 is 4.39 Å². The van der Waals surface area contributed by atoms with E-state index in [1.54, 1.807) is 29.8 Å². The molecule has 0 saturated carbocycles. The van der Waals surface area contributed by atoms with Crippen LogP contribution in [0.4, 0.5) is 15.8 Å². The van der Waals surface area contributed by atoms with Crippen molar-refractivity contribution in [3.8, 4) is 0 Å². The van der Waals surface area contributed by atoms with Crippen molar-refractivity contribution in [1.29, 1.82) is 0 Å². The highest BCUT2D eigenvalue weighted by Crippen LogP contribution is 2.34. The van der Waals surface area contributed by atoms with Crippen LogP contribution in [0, 0.1) is 5.82 Å². The van der Waals surface area contributed by atoms with Gasteiger partial charge in [-0.3, -0.25) is 9.63 Å². The fourth-order valence-electron chi connectivity index (χ4n) is 2.47. The number of benzene rings is 2. The lowest BCUT2D eigenvalue weighted by molar-refractivity contribution is 0.0169. The van der Waals surface area contributed by atoms with E-state index in [9.17, 15) is 4.79 Å². The molecule has 0 aliphatic rings. The number of anilines is 2. The lowest BCUT2D eigenvalue weighted by atomic mass is 10.1. The molecule has 0 saturated heterocycles. The monoisotopic (exact) mass is 462 g/mol. The van der Waals surface area contributed by atoms with Crippen molar-refractivity contribution in [2.75, 3.05) is 18.5 Å². The molecule has 0 atom stereocenters. The smallest absolute Gasteiger partial charge is 0.277 e. The summed E-state index contributed by atoms with van der Waals surface area (Å²) in [5.41, 5.74) is 3.06. The number of hydrogen-bond donors (Lipinski definition) is 3. The molecule has 0 bridgehead atoms. The standard InChI is InChI=1S/C17H15BrClFN4O3/c1-24-8-21-16-13(24)7-10(17(26)23-27-5-4-25)15(14(16)20)22-12-3-2-9(18)6-11(12)19/h2-3,6-8,22,25H,4-5H2,1H3,(H,23,26)/i2+1,3+1,6+1,9+1,11+1,12+1. The number of rotatable bonds is 6. The zero-order chi connectivity index (χ0) is 19.6. The Labute approximate surface area is 167 Å². The maximum absolute atomic E-state index is 15.1. The number of aliphatic hydroxyl groups is 1. The number of halogens is 3. The van der Waals surface area contributed by atoms with Crippen molar-refractivity contribution in [2.45, 2.75) is 0 Å². The second kappa shape index (κ2) is 8.22. The number of aliphatic hydroxyl groups excluding tert-OH is 1. The van der Waals surface area contributed by atoms with E-state index in [0.717, 1.165) is 4.47 Å². The van der Waals surface area contributed by atoms with Crippen LogP contribution in [-0.2, 0) is 11.9 Å². The minimum absolute atomic E-state index is 0.000486. The predicted molar refractivity (Wildman–Crippen MR) is 104 cm³/mol. The molecule has 1 amide bonds. The van der Waals surface area contributed by atoms with Gasteiger partial charge in [-0.15, -0.1) is 0 Å². The Morgan fingerprint density at radius 1 is 1.44 bits per heavy atom. The SMILES string of the molecule is Cn1cnc2c(F)c(N[13c]3[13cH][13cH][13c](Br)[13cH][13c]3Cl)c(C(=O)NOCCO)cc21. The second-order valence-electron chi connectivity index (χ2n) is 5.59. The lowest BCUT2D eigenvalue weighted by Crippen LogP contribution is -2.26. The highest BCUT2D eigenvalue weighted by molar-refractivity contribution is 9.10. The third-order valence-corrected chi connectivity index (χ3v) is 4.56. The fourth-order valence-corrected chi connectivity index (χ4v) is 3.19. The number of aromatic nitrogens is 2. The second-order valence-corrected chi connectivity index (χ2v) is 6.91. The summed E-state index contributed by atoms with van der Waals surface area (Å²) >= 11 is 9.51. The van der Waals surface area contributed by atoms with Crippen LogP contribution >= 0.6 is 27.5 Å². The predicted octanol–water partition coefficient (Wildman–Crippen LogP) is 3.53. The number of hydrogen-bond acceptors (Lipinski definition) is 5. The number of imidazole rings is 1. The number of carbonyl (C=O) groups is 1. The molecule has 0 aliphatic carbocycles. The van der Waals surface area contributed by atoms with Gasteiger partial charge in [-0.05, 0) is 24.3 Å². The van der Waals surface area contributed by atoms with E-state index in [2.05, 4.69) is 31.7 Å². The van der Waals surface area contributed by atoms with Crippen molar-refractivity contribution < 1.29 is 19.1 Å². The van der Waals surface area contributed by atoms with Gasteiger partial charge in [-0.1, -0.05) is 27.5 Å². The first-order chi connectivity index (χ1) is 12.9. The van der Waals surface area contributed by atoms with Crippen LogP contribution in [0.5, 0.6) is 0 Å². The molecule has 3 aromatic rings. The first-order valence-corrected chi connectivity index (χ1v) is 8.98. The summed E-state index contributed by atoms with van der Waals surface area (Å²) < 4.78 is 17.5. The molecule has 27 heavy (non-hydrogen) atoms. The Bertz CT molecular complexity index is 1010. The van der Waals surface area contributed by atoms with Crippen LogP contribution in [0.15, 0.2) is 35.1 Å². The highest BCUT2D eigenvalue weighted by Gasteiger charge is 2.22. The van der Waals surface area contributed by atoms with Crippen molar-refractivity contribution in [3.63, 3.8) is 0 Å². The van der Waals surface area contributed by atoms with Gasteiger partial charge in [0.15, 0.2) is 5.82 Å². The van der Waals surface area contributed by atoms with Crippen LogP contribution < -0.4 is 10.8 Å². The fraction of sp³-hybridized carbons (Fsp3) is 0.176. The van der Waals surface area contributed by atoms with Crippen molar-refractivity contribution in [1.82, 2.24) is 15.0 Å². The molecule has 1 aromatic heterocycles. The Balaban J connectivity index is 2.09. The van der Waals surface area contributed by atoms with Gasteiger partial charge in [-0.2, -0.15) is 0 Å². The first-order valence-electron chi connectivity index (χ1n) is 7.81. The summed E-state index contributed by atoms with van der Waals surface area (Å²) in [6.07, 6.45) is 1.45. The summed E-state index contributed by atoms with van der Waals surface area (Å²) in [7, 11) is 1.69. The minimum atomic E-state index is -0.695. The van der Waals surface area contributed by atoms with Crippen LogP contribution in [0.2, 0.25) is 5.02 Å². The van der Waals surface area contributed by atoms with E-state index in [1.807, 2.05) is 0 Å². The Morgan fingerprint density at radius 3 is 2.93 bits per heavy atom. The Hall–Kier alpha value is -2.20. The number of hydroxylamine groups is 1. The van der Waals surface area contributed by atoms with Crippen molar-refractivity contribution in [3.05, 3.63) is 51.5 Å². The van der Waals surface area contributed by atoms with E-state index in [1.165, 1.54) is 12.4 Å². The molecule has 1 heterocycles. The molecule has 0 fully saturated rings. The van der Waals surface area contributed by atoms with E-state index in [4.69, 9.17) is 21.5 Å². The molecule has 142 valence electrons. The maximum atomic E-state index is 15.1. The zero-order valence-electron chi connectivity index (χ0n) is 14.1. The molecule has 3 rings (SSSR count). The average molecular weight is 464 g/mol. The molecule has 0 spiro atoms. The number of nitrogens with zero attached hydrogens (tertiary/aromatic N) is 2. The summed E-state index contributed by atoms with van der Waals surface area (Å²) in [5, 5.41) is 12.0. The summed E-state index contributed by atoms with van der Waals surface area (Å²) in [5.74, 6) is -1.37. The molecule has 0 radical (unpaired) electrons. The van der Waals surface area contributed by atoms with E-state index in [-0.39, 0.29) is 30.0 Å². The number of carbonyl (C=O) groups excluding carboxylic acids is 1. The van der Waals surface area contributed by atoms with E-state index < -0.39 is 11.7 Å². The number of fused-ring (bicyclic) bond motifs is 1. The van der Waals surface area contributed by atoms with Gasteiger partial charge in [0.25, 0.3) is 5.91 Å². The van der Waals surface area contributed by atoms with Gasteiger partial charge in [0.2, 0.25) is 0 Å². The normalized spacial score (nSPS) is 11.0. The number of aryl methyl sites for hydroxylation is 1. The van der Waals surface area contributed by atoms with E-state index in [0.29, 0.717) is 16.2 Å². The van der Waals surface area contributed by atoms with Crippen LogP contribution in [0.1, 0.15) is 10.4 Å². The minimum Gasteiger partial charge on any atom is -0.394 e.